The van der Waals surface area contributed by atoms with E-state index in [-0.39, 0.29) is 0 Å². The lowest BCUT2D eigenvalue weighted by Gasteiger charge is -2.22. The maximum absolute atomic E-state index is 5.34. The van der Waals surface area contributed by atoms with Crippen molar-refractivity contribution in [2.45, 2.75) is 12.3 Å². The Hall–Kier alpha value is -0.860. The predicted molar refractivity (Wildman–Crippen MR) is 62.0 cm³/mol. The Bertz CT molecular complexity index is 280. The quantitative estimate of drug-likeness (QED) is 0.812. The maximum Gasteiger partial charge on any atom is 0.0534 e. The van der Waals surface area contributed by atoms with Gasteiger partial charge >= 0.3 is 0 Å². The Morgan fingerprint density at radius 1 is 1.40 bits per heavy atom. The van der Waals surface area contributed by atoms with E-state index in [2.05, 4.69) is 35.6 Å². The van der Waals surface area contributed by atoms with E-state index in [4.69, 9.17) is 4.74 Å². The zero-order valence-electron chi connectivity index (χ0n) is 9.28. The van der Waals surface area contributed by atoms with Crippen LogP contribution in [-0.4, -0.2) is 26.8 Å². The van der Waals surface area contributed by atoms with Gasteiger partial charge < -0.3 is 10.1 Å². The number of rotatable bonds is 4. The molecule has 2 heteroatoms. The Labute approximate surface area is 91.6 Å². The highest BCUT2D eigenvalue weighted by Crippen LogP contribution is 2.29. The molecule has 1 aliphatic rings. The summed E-state index contributed by atoms with van der Waals surface area (Å²) in [5.41, 5.74) is 1.41. The number of hydrogen-bond acceptors (Lipinski definition) is 2. The van der Waals surface area contributed by atoms with Crippen LogP contribution in [0.2, 0.25) is 0 Å². The van der Waals surface area contributed by atoms with Crippen molar-refractivity contribution in [1.82, 2.24) is 5.32 Å². The van der Waals surface area contributed by atoms with Crippen LogP contribution in [0.4, 0.5) is 0 Å². The van der Waals surface area contributed by atoms with Gasteiger partial charge in [0.05, 0.1) is 6.61 Å². The summed E-state index contributed by atoms with van der Waals surface area (Å²) < 4.78 is 5.34. The van der Waals surface area contributed by atoms with E-state index in [1.165, 1.54) is 12.0 Å². The van der Waals surface area contributed by atoms with Gasteiger partial charge in [0.2, 0.25) is 0 Å². The van der Waals surface area contributed by atoms with Gasteiger partial charge in [-0.25, -0.2) is 0 Å². The minimum Gasteiger partial charge on any atom is -0.384 e. The highest BCUT2D eigenvalue weighted by molar-refractivity contribution is 5.21. The Balaban J connectivity index is 2.11. The van der Waals surface area contributed by atoms with Gasteiger partial charge in [0.25, 0.3) is 0 Å². The van der Waals surface area contributed by atoms with Gasteiger partial charge in [0, 0.05) is 13.0 Å². The molecular weight excluding hydrogens is 186 g/mol. The molecule has 2 rings (SSSR count). The third kappa shape index (κ3) is 2.58. The first kappa shape index (κ1) is 10.7. The molecule has 1 aromatic carbocycles. The fourth-order valence-electron chi connectivity index (χ4n) is 2.40. The summed E-state index contributed by atoms with van der Waals surface area (Å²) in [4.78, 5) is 0. The molecule has 1 aliphatic heterocycles. The first-order chi connectivity index (χ1) is 7.42. The van der Waals surface area contributed by atoms with E-state index in [0.29, 0.717) is 5.92 Å². The molecule has 0 saturated carbocycles. The van der Waals surface area contributed by atoms with E-state index in [1.807, 2.05) is 0 Å². The zero-order valence-corrected chi connectivity index (χ0v) is 9.28. The first-order valence-corrected chi connectivity index (χ1v) is 5.66. The molecule has 1 saturated heterocycles. The van der Waals surface area contributed by atoms with Crippen LogP contribution < -0.4 is 5.32 Å². The second-order valence-corrected chi connectivity index (χ2v) is 4.23. The molecule has 1 fully saturated rings. The van der Waals surface area contributed by atoms with Gasteiger partial charge in [-0.15, -0.1) is 0 Å². The topological polar surface area (TPSA) is 21.3 Å². The van der Waals surface area contributed by atoms with E-state index in [0.717, 1.165) is 25.6 Å². The van der Waals surface area contributed by atoms with E-state index in [1.54, 1.807) is 7.11 Å². The summed E-state index contributed by atoms with van der Waals surface area (Å²) in [5.74, 6) is 1.28. The monoisotopic (exact) mass is 205 g/mol. The highest BCUT2D eigenvalue weighted by Gasteiger charge is 2.25. The van der Waals surface area contributed by atoms with Gasteiger partial charge in [-0.05, 0) is 31.0 Å². The molecule has 1 heterocycles. The smallest absolute Gasteiger partial charge is 0.0534 e. The Morgan fingerprint density at radius 2 is 2.20 bits per heavy atom. The molecule has 15 heavy (non-hydrogen) atoms. The SMILES string of the molecule is COCC(c1ccccc1)C1CCNC1. The normalized spacial score (nSPS) is 22.9. The summed E-state index contributed by atoms with van der Waals surface area (Å²) >= 11 is 0. The molecule has 2 nitrogen and oxygen atoms in total. The van der Waals surface area contributed by atoms with Gasteiger partial charge in [-0.2, -0.15) is 0 Å². The fraction of sp³-hybridized carbons (Fsp3) is 0.538. The zero-order chi connectivity index (χ0) is 10.5. The minimum atomic E-state index is 0.547. The molecule has 1 N–H and O–H groups in total. The summed E-state index contributed by atoms with van der Waals surface area (Å²) in [6, 6.07) is 10.7. The molecule has 1 aromatic rings. The van der Waals surface area contributed by atoms with Crippen LogP contribution in [0.5, 0.6) is 0 Å². The molecule has 2 atom stereocenters. The van der Waals surface area contributed by atoms with Gasteiger partial charge in [0.15, 0.2) is 0 Å². The lowest BCUT2D eigenvalue weighted by atomic mass is 9.86. The third-order valence-corrected chi connectivity index (χ3v) is 3.24. The molecule has 0 radical (unpaired) electrons. The molecular formula is C13H19NO. The van der Waals surface area contributed by atoms with Crippen molar-refractivity contribution in [3.63, 3.8) is 0 Å². The van der Waals surface area contributed by atoms with Crippen LogP contribution in [0.25, 0.3) is 0 Å². The number of methoxy groups -OCH3 is 1. The second-order valence-electron chi connectivity index (χ2n) is 4.23. The number of nitrogens with one attached hydrogen (secondary N) is 1. The van der Waals surface area contributed by atoms with Crippen molar-refractivity contribution in [2.75, 3.05) is 26.8 Å². The van der Waals surface area contributed by atoms with Crippen molar-refractivity contribution in [2.24, 2.45) is 5.92 Å². The fourth-order valence-corrected chi connectivity index (χ4v) is 2.40. The lowest BCUT2D eigenvalue weighted by molar-refractivity contribution is 0.159. The Morgan fingerprint density at radius 3 is 2.80 bits per heavy atom. The standard InChI is InChI=1S/C13H19NO/c1-15-10-13(12-7-8-14-9-12)11-5-3-2-4-6-11/h2-6,12-14H,7-10H2,1H3. The van der Waals surface area contributed by atoms with Crippen molar-refractivity contribution in [1.29, 1.82) is 0 Å². The maximum atomic E-state index is 5.34. The van der Waals surface area contributed by atoms with E-state index < -0.39 is 0 Å². The number of ether oxygens (including phenoxy) is 1. The van der Waals surface area contributed by atoms with Crippen LogP contribution in [0.3, 0.4) is 0 Å². The molecule has 0 amide bonds. The largest absolute Gasteiger partial charge is 0.384 e. The molecule has 82 valence electrons. The minimum absolute atomic E-state index is 0.547. The van der Waals surface area contributed by atoms with E-state index in [9.17, 15) is 0 Å². The van der Waals surface area contributed by atoms with Crippen molar-refractivity contribution < 1.29 is 4.74 Å². The lowest BCUT2D eigenvalue weighted by Crippen LogP contribution is -2.20. The van der Waals surface area contributed by atoms with Crippen LogP contribution in [0, 0.1) is 5.92 Å². The number of benzene rings is 1. The van der Waals surface area contributed by atoms with E-state index >= 15 is 0 Å². The van der Waals surface area contributed by atoms with Crippen LogP contribution in [0.1, 0.15) is 17.9 Å². The average Bonchev–Trinajstić information content (AvgIpc) is 2.80. The summed E-state index contributed by atoms with van der Waals surface area (Å²) in [6.07, 6.45) is 1.27. The summed E-state index contributed by atoms with van der Waals surface area (Å²) in [6.45, 7) is 3.11. The van der Waals surface area contributed by atoms with Crippen LogP contribution in [-0.2, 0) is 4.74 Å². The van der Waals surface area contributed by atoms with Crippen LogP contribution >= 0.6 is 0 Å². The first-order valence-electron chi connectivity index (χ1n) is 5.66. The highest BCUT2D eigenvalue weighted by atomic mass is 16.5. The average molecular weight is 205 g/mol. The second kappa shape index (κ2) is 5.29. The van der Waals surface area contributed by atoms with Gasteiger partial charge in [-0.1, -0.05) is 30.3 Å². The van der Waals surface area contributed by atoms with Crippen molar-refractivity contribution in [3.05, 3.63) is 35.9 Å². The van der Waals surface area contributed by atoms with Crippen molar-refractivity contribution >= 4 is 0 Å². The Kier molecular flexibility index (Phi) is 3.75. The summed E-state index contributed by atoms with van der Waals surface area (Å²) in [7, 11) is 1.79. The third-order valence-electron chi connectivity index (χ3n) is 3.24. The molecule has 0 aromatic heterocycles. The molecule has 0 spiro atoms. The van der Waals surface area contributed by atoms with Crippen molar-refractivity contribution in [3.8, 4) is 0 Å². The van der Waals surface area contributed by atoms with Gasteiger partial charge in [0.1, 0.15) is 0 Å². The summed E-state index contributed by atoms with van der Waals surface area (Å²) in [5, 5.41) is 3.43. The van der Waals surface area contributed by atoms with Gasteiger partial charge in [-0.3, -0.25) is 0 Å². The number of hydrogen-bond donors (Lipinski definition) is 1. The molecule has 2 unspecified atom stereocenters. The predicted octanol–water partition coefficient (Wildman–Crippen LogP) is 2.03. The molecule has 0 aliphatic carbocycles. The van der Waals surface area contributed by atoms with Crippen LogP contribution in [0.15, 0.2) is 30.3 Å². The molecule has 0 bridgehead atoms.